The quantitative estimate of drug-likeness (QED) is 0.245. The summed E-state index contributed by atoms with van der Waals surface area (Å²) in [4.78, 5) is 5.05. The molecule has 3 heterocycles. The third-order valence-corrected chi connectivity index (χ3v) is 7.57. The SMILES string of the molecule is c1ccc(-n2c3ccccc3c3c(-c4nccc5c4c4ccccc4n5-c4ccccc4)cccc32)cc1. The third-order valence-electron chi connectivity index (χ3n) is 7.57. The van der Waals surface area contributed by atoms with Crippen molar-refractivity contribution in [3.8, 4) is 22.6 Å². The van der Waals surface area contributed by atoms with E-state index in [4.69, 9.17) is 4.98 Å². The molecule has 0 saturated carbocycles. The lowest BCUT2D eigenvalue weighted by Crippen LogP contribution is -1.94. The highest BCUT2D eigenvalue weighted by Gasteiger charge is 2.21. The number of benzene rings is 5. The van der Waals surface area contributed by atoms with E-state index in [2.05, 4.69) is 143 Å². The normalized spacial score (nSPS) is 11.7. The van der Waals surface area contributed by atoms with Gasteiger partial charge in [0.15, 0.2) is 0 Å². The Balaban J connectivity index is 1.52. The van der Waals surface area contributed by atoms with Crippen LogP contribution < -0.4 is 0 Å². The zero-order chi connectivity index (χ0) is 25.1. The molecule has 0 spiro atoms. The average Bonchev–Trinajstić information content (AvgIpc) is 3.51. The molecule has 0 amide bonds. The predicted octanol–water partition coefficient (Wildman–Crippen LogP) is 8.94. The minimum absolute atomic E-state index is 1.01. The Morgan fingerprint density at radius 2 is 0.895 bits per heavy atom. The summed E-state index contributed by atoms with van der Waals surface area (Å²) in [6.45, 7) is 0. The number of fused-ring (bicyclic) bond motifs is 6. The van der Waals surface area contributed by atoms with Gasteiger partial charge in [-0.05, 0) is 48.5 Å². The fraction of sp³-hybridized carbons (Fsp3) is 0. The van der Waals surface area contributed by atoms with E-state index in [0.717, 1.165) is 28.1 Å². The van der Waals surface area contributed by atoms with Crippen LogP contribution in [0.25, 0.3) is 66.2 Å². The standard InChI is InChI=1S/C35H23N3/c1-3-12-24(13-4-1)37-29-19-9-7-16-26(29)33-28(18-11-21-31(33)37)35-34-27-17-8-10-20-30(27)38(32(34)22-23-36-35)25-14-5-2-6-15-25/h1-23H. The highest BCUT2D eigenvalue weighted by Crippen LogP contribution is 2.42. The van der Waals surface area contributed by atoms with Gasteiger partial charge in [0.05, 0.1) is 27.8 Å². The topological polar surface area (TPSA) is 22.8 Å². The molecule has 8 aromatic rings. The maximum atomic E-state index is 5.05. The lowest BCUT2D eigenvalue weighted by Gasteiger charge is -2.10. The van der Waals surface area contributed by atoms with Crippen molar-refractivity contribution >= 4 is 43.6 Å². The Kier molecular flexibility index (Phi) is 4.52. The minimum atomic E-state index is 1.01. The van der Waals surface area contributed by atoms with Crippen LogP contribution in [0.2, 0.25) is 0 Å². The summed E-state index contributed by atoms with van der Waals surface area (Å²) in [6.07, 6.45) is 1.95. The van der Waals surface area contributed by atoms with Crippen LogP contribution in [-0.2, 0) is 0 Å². The first-order valence-electron chi connectivity index (χ1n) is 12.9. The fourth-order valence-electron chi connectivity index (χ4n) is 6.04. The molecule has 0 fully saturated rings. The molecule has 38 heavy (non-hydrogen) atoms. The number of pyridine rings is 1. The van der Waals surface area contributed by atoms with E-state index in [1.165, 1.54) is 38.1 Å². The summed E-state index contributed by atoms with van der Waals surface area (Å²) < 4.78 is 4.71. The Hall–Kier alpha value is -5.15. The van der Waals surface area contributed by atoms with Gasteiger partial charge < -0.3 is 9.13 Å². The highest BCUT2D eigenvalue weighted by molar-refractivity contribution is 6.21. The summed E-state index contributed by atoms with van der Waals surface area (Å²) in [7, 11) is 0. The van der Waals surface area contributed by atoms with Gasteiger partial charge in [-0.3, -0.25) is 4.98 Å². The molecule has 3 heteroatoms. The van der Waals surface area contributed by atoms with E-state index in [1.807, 2.05) is 6.20 Å². The molecule has 0 aliphatic heterocycles. The van der Waals surface area contributed by atoms with Gasteiger partial charge in [-0.1, -0.05) is 84.9 Å². The van der Waals surface area contributed by atoms with Gasteiger partial charge in [-0.25, -0.2) is 0 Å². The van der Waals surface area contributed by atoms with Crippen molar-refractivity contribution in [2.75, 3.05) is 0 Å². The van der Waals surface area contributed by atoms with Crippen molar-refractivity contribution in [3.63, 3.8) is 0 Å². The van der Waals surface area contributed by atoms with Gasteiger partial charge in [0.25, 0.3) is 0 Å². The first-order chi connectivity index (χ1) is 18.9. The van der Waals surface area contributed by atoms with Crippen molar-refractivity contribution in [2.24, 2.45) is 0 Å². The Labute approximate surface area is 219 Å². The molecule has 0 N–H and O–H groups in total. The van der Waals surface area contributed by atoms with Gasteiger partial charge >= 0.3 is 0 Å². The van der Waals surface area contributed by atoms with Crippen molar-refractivity contribution < 1.29 is 0 Å². The second-order valence-electron chi connectivity index (χ2n) is 9.63. The molecule has 5 aromatic carbocycles. The van der Waals surface area contributed by atoms with Gasteiger partial charge in [-0.2, -0.15) is 0 Å². The van der Waals surface area contributed by atoms with E-state index in [9.17, 15) is 0 Å². The van der Waals surface area contributed by atoms with E-state index in [-0.39, 0.29) is 0 Å². The predicted molar refractivity (Wildman–Crippen MR) is 158 cm³/mol. The van der Waals surface area contributed by atoms with Crippen LogP contribution in [-0.4, -0.2) is 14.1 Å². The minimum Gasteiger partial charge on any atom is -0.309 e. The zero-order valence-corrected chi connectivity index (χ0v) is 20.6. The number of para-hydroxylation sites is 4. The van der Waals surface area contributed by atoms with Crippen LogP contribution in [0.4, 0.5) is 0 Å². The number of hydrogen-bond acceptors (Lipinski definition) is 1. The van der Waals surface area contributed by atoms with Crippen LogP contribution in [0.5, 0.6) is 0 Å². The first-order valence-corrected chi connectivity index (χ1v) is 12.9. The van der Waals surface area contributed by atoms with E-state index in [0.29, 0.717) is 0 Å². The second-order valence-corrected chi connectivity index (χ2v) is 9.63. The Morgan fingerprint density at radius 1 is 0.395 bits per heavy atom. The number of nitrogens with zero attached hydrogens (tertiary/aromatic N) is 3. The maximum Gasteiger partial charge on any atom is 0.0809 e. The molecule has 0 aliphatic carbocycles. The molecular formula is C35H23N3. The van der Waals surface area contributed by atoms with Gasteiger partial charge in [0.2, 0.25) is 0 Å². The van der Waals surface area contributed by atoms with Crippen molar-refractivity contribution in [2.45, 2.75) is 0 Å². The summed E-state index contributed by atoms with van der Waals surface area (Å²) >= 11 is 0. The van der Waals surface area contributed by atoms with Crippen LogP contribution in [0.15, 0.2) is 140 Å². The van der Waals surface area contributed by atoms with Crippen molar-refractivity contribution in [1.82, 2.24) is 14.1 Å². The molecule has 3 nitrogen and oxygen atoms in total. The van der Waals surface area contributed by atoms with Crippen LogP contribution in [0, 0.1) is 0 Å². The average molecular weight is 486 g/mol. The summed E-state index contributed by atoms with van der Waals surface area (Å²) in [5, 5.41) is 4.84. The Bertz CT molecular complexity index is 1960. The zero-order valence-electron chi connectivity index (χ0n) is 20.6. The summed E-state index contributed by atoms with van der Waals surface area (Å²) in [5.41, 5.74) is 9.18. The molecule has 0 radical (unpaired) electrons. The maximum absolute atomic E-state index is 5.05. The molecule has 0 unspecified atom stereocenters. The molecule has 0 atom stereocenters. The third kappa shape index (κ3) is 2.93. The lowest BCUT2D eigenvalue weighted by atomic mass is 10.00. The number of aromatic nitrogens is 3. The van der Waals surface area contributed by atoms with E-state index < -0.39 is 0 Å². The first kappa shape index (κ1) is 21.0. The van der Waals surface area contributed by atoms with Crippen molar-refractivity contribution in [3.05, 3.63) is 140 Å². The van der Waals surface area contributed by atoms with Crippen LogP contribution in [0.3, 0.4) is 0 Å². The van der Waals surface area contributed by atoms with Crippen LogP contribution in [0.1, 0.15) is 0 Å². The molecule has 0 saturated heterocycles. The molecule has 8 rings (SSSR count). The van der Waals surface area contributed by atoms with E-state index in [1.54, 1.807) is 0 Å². The smallest absolute Gasteiger partial charge is 0.0809 e. The largest absolute Gasteiger partial charge is 0.309 e. The van der Waals surface area contributed by atoms with Gasteiger partial charge in [0, 0.05) is 44.7 Å². The van der Waals surface area contributed by atoms with Gasteiger partial charge in [-0.15, -0.1) is 0 Å². The number of hydrogen-bond donors (Lipinski definition) is 0. The fourth-order valence-corrected chi connectivity index (χ4v) is 6.04. The Morgan fingerprint density at radius 3 is 1.53 bits per heavy atom. The summed E-state index contributed by atoms with van der Waals surface area (Å²) in [5.74, 6) is 0. The summed E-state index contributed by atoms with van der Waals surface area (Å²) in [6, 6.07) is 47.3. The van der Waals surface area contributed by atoms with E-state index >= 15 is 0 Å². The second kappa shape index (κ2) is 8.19. The highest BCUT2D eigenvalue weighted by atomic mass is 15.0. The molecular weight excluding hydrogens is 462 g/mol. The number of rotatable bonds is 3. The molecule has 178 valence electrons. The monoisotopic (exact) mass is 485 g/mol. The lowest BCUT2D eigenvalue weighted by molar-refractivity contribution is 1.17. The van der Waals surface area contributed by atoms with Crippen molar-refractivity contribution in [1.29, 1.82) is 0 Å². The molecule has 0 bridgehead atoms. The van der Waals surface area contributed by atoms with Gasteiger partial charge in [0.1, 0.15) is 0 Å². The molecule has 0 aliphatic rings. The molecule has 3 aromatic heterocycles. The van der Waals surface area contributed by atoms with Crippen LogP contribution >= 0.6 is 0 Å².